The second-order valence-electron chi connectivity index (χ2n) is 7.06. The fourth-order valence-corrected chi connectivity index (χ4v) is 3.55. The monoisotopic (exact) mass is 436 g/mol. The summed E-state index contributed by atoms with van der Waals surface area (Å²) in [5.41, 5.74) is 3.04. The molecule has 162 valence electrons. The molecule has 0 aliphatic rings. The molecule has 0 aliphatic carbocycles. The number of thioether (sulfide) groups is 1. The molecule has 1 amide bonds. The molecule has 0 fully saturated rings. The highest BCUT2D eigenvalue weighted by atomic mass is 32.2. The predicted molar refractivity (Wildman–Crippen MR) is 127 cm³/mol. The van der Waals surface area contributed by atoms with Crippen molar-refractivity contribution in [3.8, 4) is 0 Å². The van der Waals surface area contributed by atoms with Gasteiger partial charge in [0.1, 0.15) is 6.54 Å². The molecule has 1 aromatic heterocycles. The number of carbonyl (C=O) groups excluding carboxylic acids is 1. The first-order valence-electron chi connectivity index (χ1n) is 9.98. The molecule has 0 unspecified atom stereocenters. The lowest BCUT2D eigenvalue weighted by atomic mass is 10.2. The Kier molecular flexibility index (Phi) is 8.12. The second kappa shape index (κ2) is 11.2. The average molecular weight is 437 g/mol. The van der Waals surface area contributed by atoms with Crippen molar-refractivity contribution in [3.63, 3.8) is 0 Å². The summed E-state index contributed by atoms with van der Waals surface area (Å²) in [5.74, 6) is 0.693. The Morgan fingerprint density at radius 2 is 1.97 bits per heavy atom. The van der Waals surface area contributed by atoms with Gasteiger partial charge in [-0.1, -0.05) is 24.3 Å². The minimum absolute atomic E-state index is 0.114. The third kappa shape index (κ3) is 6.89. The van der Waals surface area contributed by atoms with E-state index in [4.69, 9.17) is 0 Å². The molecular weight excluding hydrogens is 408 g/mol. The molecule has 0 saturated heterocycles. The summed E-state index contributed by atoms with van der Waals surface area (Å²) < 4.78 is 1.59. The van der Waals surface area contributed by atoms with E-state index in [-0.39, 0.29) is 12.5 Å². The molecule has 3 aromatic rings. The molecule has 7 nitrogen and oxygen atoms in total. The van der Waals surface area contributed by atoms with Gasteiger partial charge in [0.15, 0.2) is 5.96 Å². The first-order valence-corrected chi connectivity index (χ1v) is 11.2. The topological polar surface area (TPSA) is 74.5 Å². The number of amides is 1. The number of nitrogens with one attached hydrogen (secondary N) is 2. The zero-order valence-corrected chi connectivity index (χ0v) is 18.9. The summed E-state index contributed by atoms with van der Waals surface area (Å²) in [6.45, 7) is 1.55. The maximum atomic E-state index is 12.2. The summed E-state index contributed by atoms with van der Waals surface area (Å²) in [6.07, 6.45) is 5.49. The van der Waals surface area contributed by atoms with Crippen molar-refractivity contribution in [2.45, 2.75) is 24.5 Å². The lowest BCUT2D eigenvalue weighted by molar-refractivity contribution is -0.116. The van der Waals surface area contributed by atoms with Gasteiger partial charge in [-0.15, -0.1) is 11.8 Å². The van der Waals surface area contributed by atoms with Gasteiger partial charge in [0.2, 0.25) is 5.91 Å². The van der Waals surface area contributed by atoms with Crippen LogP contribution in [0.3, 0.4) is 0 Å². The molecule has 0 radical (unpaired) electrons. The van der Waals surface area contributed by atoms with Crippen LogP contribution in [-0.2, 0) is 24.4 Å². The van der Waals surface area contributed by atoms with Crippen LogP contribution in [-0.4, -0.2) is 46.9 Å². The van der Waals surface area contributed by atoms with Gasteiger partial charge in [-0.2, -0.15) is 5.10 Å². The lowest BCUT2D eigenvalue weighted by Crippen LogP contribution is -2.38. The minimum atomic E-state index is -0.114. The number of nitrogens with zero attached hydrogens (tertiary/aromatic N) is 4. The molecule has 0 bridgehead atoms. The number of guanidine groups is 1. The Balaban J connectivity index is 1.53. The highest BCUT2D eigenvalue weighted by molar-refractivity contribution is 7.98. The fourth-order valence-electron chi connectivity index (χ4n) is 3.15. The molecule has 0 atom stereocenters. The standard InChI is InChI=1S/C23H28N6OS/c1-24-23(28(2)16-18-8-10-21(31-3)11-9-18)25-15-19-6-4-7-20(14-19)27-22(30)17-29-13-5-12-26-29/h4-14H,15-17H2,1-3H3,(H,24,25)(H,27,30). The molecule has 2 N–H and O–H groups in total. The van der Waals surface area contributed by atoms with Crippen molar-refractivity contribution < 1.29 is 4.79 Å². The summed E-state index contributed by atoms with van der Waals surface area (Å²) >= 11 is 1.74. The van der Waals surface area contributed by atoms with Crippen molar-refractivity contribution in [1.29, 1.82) is 0 Å². The highest BCUT2D eigenvalue weighted by Gasteiger charge is 2.08. The molecule has 31 heavy (non-hydrogen) atoms. The fraction of sp³-hybridized carbons (Fsp3) is 0.261. The Labute approximate surface area is 187 Å². The van der Waals surface area contributed by atoms with E-state index >= 15 is 0 Å². The Bertz CT molecular complexity index is 1000. The number of carbonyl (C=O) groups is 1. The number of aliphatic imine (C=N–C) groups is 1. The highest BCUT2D eigenvalue weighted by Crippen LogP contribution is 2.16. The van der Waals surface area contributed by atoms with Crippen LogP contribution in [0.1, 0.15) is 11.1 Å². The summed E-state index contributed by atoms with van der Waals surface area (Å²) in [7, 11) is 3.80. The first-order chi connectivity index (χ1) is 15.1. The van der Waals surface area contributed by atoms with Gasteiger partial charge in [0, 0.05) is 50.2 Å². The maximum absolute atomic E-state index is 12.2. The molecule has 2 aromatic carbocycles. The summed E-state index contributed by atoms with van der Waals surface area (Å²) in [4.78, 5) is 19.9. The van der Waals surface area contributed by atoms with Gasteiger partial charge < -0.3 is 15.5 Å². The van der Waals surface area contributed by atoms with Gasteiger partial charge in [0.25, 0.3) is 0 Å². The zero-order valence-electron chi connectivity index (χ0n) is 18.1. The van der Waals surface area contributed by atoms with Crippen LogP contribution < -0.4 is 10.6 Å². The largest absolute Gasteiger partial charge is 0.352 e. The van der Waals surface area contributed by atoms with Gasteiger partial charge >= 0.3 is 0 Å². The van der Waals surface area contributed by atoms with E-state index in [2.05, 4.69) is 56.1 Å². The molecular formula is C23H28N6OS. The average Bonchev–Trinajstić information content (AvgIpc) is 3.28. The number of anilines is 1. The molecule has 0 spiro atoms. The van der Waals surface area contributed by atoms with Crippen LogP contribution in [0.4, 0.5) is 5.69 Å². The number of benzene rings is 2. The Hall–Kier alpha value is -3.26. The second-order valence-corrected chi connectivity index (χ2v) is 7.94. The van der Waals surface area contributed by atoms with Crippen molar-refractivity contribution in [2.24, 2.45) is 4.99 Å². The van der Waals surface area contributed by atoms with E-state index in [1.165, 1.54) is 10.5 Å². The van der Waals surface area contributed by atoms with Crippen LogP contribution in [0.15, 0.2) is 76.9 Å². The molecule has 3 rings (SSSR count). The third-order valence-electron chi connectivity index (χ3n) is 4.68. The maximum Gasteiger partial charge on any atom is 0.246 e. The van der Waals surface area contributed by atoms with Crippen molar-refractivity contribution in [3.05, 3.63) is 78.1 Å². The van der Waals surface area contributed by atoms with Gasteiger partial charge in [-0.3, -0.25) is 14.5 Å². The molecule has 0 saturated carbocycles. The van der Waals surface area contributed by atoms with Gasteiger partial charge in [-0.05, 0) is 47.7 Å². The predicted octanol–water partition coefficient (Wildman–Crippen LogP) is 3.45. The van der Waals surface area contributed by atoms with Crippen LogP contribution in [0.5, 0.6) is 0 Å². The van der Waals surface area contributed by atoms with Crippen LogP contribution >= 0.6 is 11.8 Å². The molecule has 8 heteroatoms. The van der Waals surface area contributed by atoms with Crippen LogP contribution in [0, 0.1) is 0 Å². The van der Waals surface area contributed by atoms with E-state index in [1.54, 1.807) is 42.0 Å². The van der Waals surface area contributed by atoms with Crippen LogP contribution in [0.25, 0.3) is 0 Å². The van der Waals surface area contributed by atoms with E-state index in [0.29, 0.717) is 6.54 Å². The lowest BCUT2D eigenvalue weighted by Gasteiger charge is -2.22. The number of rotatable bonds is 8. The molecule has 1 heterocycles. The summed E-state index contributed by atoms with van der Waals surface area (Å²) in [5, 5.41) is 10.4. The number of hydrogen-bond acceptors (Lipinski definition) is 4. The van der Waals surface area contributed by atoms with Crippen molar-refractivity contribution in [2.75, 3.05) is 25.7 Å². The van der Waals surface area contributed by atoms with Gasteiger partial charge in [0.05, 0.1) is 0 Å². The van der Waals surface area contributed by atoms with E-state index in [9.17, 15) is 4.79 Å². The Morgan fingerprint density at radius 3 is 2.65 bits per heavy atom. The quantitative estimate of drug-likeness (QED) is 0.321. The SMILES string of the molecule is CN=C(NCc1cccc(NC(=O)Cn2cccn2)c1)N(C)Cc1ccc(SC)cc1. The van der Waals surface area contributed by atoms with E-state index in [0.717, 1.165) is 23.8 Å². The number of aromatic nitrogens is 2. The smallest absolute Gasteiger partial charge is 0.246 e. The first kappa shape index (κ1) is 22.4. The van der Waals surface area contributed by atoms with E-state index < -0.39 is 0 Å². The summed E-state index contributed by atoms with van der Waals surface area (Å²) in [6, 6.07) is 18.1. The van der Waals surface area contributed by atoms with Crippen molar-refractivity contribution in [1.82, 2.24) is 20.0 Å². The number of hydrogen-bond donors (Lipinski definition) is 2. The Morgan fingerprint density at radius 1 is 1.16 bits per heavy atom. The molecule has 0 aliphatic heterocycles. The van der Waals surface area contributed by atoms with E-state index in [1.807, 2.05) is 31.3 Å². The van der Waals surface area contributed by atoms with Crippen molar-refractivity contribution >= 4 is 29.3 Å². The normalized spacial score (nSPS) is 11.3. The van der Waals surface area contributed by atoms with Gasteiger partial charge in [-0.25, -0.2) is 0 Å². The van der Waals surface area contributed by atoms with Crippen LogP contribution in [0.2, 0.25) is 0 Å². The zero-order chi connectivity index (χ0) is 22.1. The minimum Gasteiger partial charge on any atom is -0.352 e. The third-order valence-corrected chi connectivity index (χ3v) is 5.42.